The Balaban J connectivity index is 0. The lowest BCUT2D eigenvalue weighted by atomic mass is 10.1. The Morgan fingerprint density at radius 3 is 0.685 bits per heavy atom. The van der Waals surface area contributed by atoms with Crippen LogP contribution in [-0.2, 0) is 9.59 Å². The van der Waals surface area contributed by atoms with Gasteiger partial charge in [0.15, 0.2) is 0 Å². The summed E-state index contributed by atoms with van der Waals surface area (Å²) < 4.78 is 0. The van der Waals surface area contributed by atoms with Crippen LogP contribution < -0.4 is 0 Å². The van der Waals surface area contributed by atoms with Crippen LogP contribution in [0, 0.1) is 47.4 Å². The van der Waals surface area contributed by atoms with Gasteiger partial charge in [-0.05, 0) is 62.2 Å². The maximum Gasteiger partial charge on any atom is 0.303 e. The smallest absolute Gasteiger partial charge is 0.303 e. The number of carboxylic acids is 2. The van der Waals surface area contributed by atoms with E-state index in [0.29, 0.717) is 12.8 Å². The van der Waals surface area contributed by atoms with E-state index >= 15 is 0 Å². The van der Waals surface area contributed by atoms with E-state index in [9.17, 15) is 9.59 Å². The van der Waals surface area contributed by atoms with E-state index in [1.807, 2.05) is 0 Å². The molecule has 2 N–H and O–H groups in total. The minimum absolute atomic E-state index is 0.309. The zero-order valence-electron chi connectivity index (χ0n) is 35.6. The van der Waals surface area contributed by atoms with Gasteiger partial charge in [-0.2, -0.15) is 0 Å². The number of hydrogen-bond donors (Lipinski definition) is 2. The average Bonchev–Trinajstić information content (AvgIpc) is 3.15. The molecular formula is C50H84O4. The lowest BCUT2D eigenvalue weighted by Gasteiger charge is -2.00. The van der Waals surface area contributed by atoms with Crippen molar-refractivity contribution in [3.8, 4) is 47.4 Å². The van der Waals surface area contributed by atoms with Crippen molar-refractivity contribution in [2.24, 2.45) is 0 Å². The third kappa shape index (κ3) is 55.9. The van der Waals surface area contributed by atoms with Crippen LogP contribution in [0.4, 0.5) is 0 Å². The number of carbonyl (C=O) groups is 2. The summed E-state index contributed by atoms with van der Waals surface area (Å²) in [4.78, 5) is 20.8. The third-order valence-electron chi connectivity index (χ3n) is 9.67. The molecule has 0 unspecified atom stereocenters. The van der Waals surface area contributed by atoms with Gasteiger partial charge in [0, 0.05) is 38.5 Å². The molecule has 0 aliphatic carbocycles. The minimum atomic E-state index is -0.681. The van der Waals surface area contributed by atoms with Gasteiger partial charge in [0.2, 0.25) is 0 Å². The van der Waals surface area contributed by atoms with E-state index in [1.165, 1.54) is 154 Å². The summed E-state index contributed by atoms with van der Waals surface area (Å²) in [6, 6.07) is 0. The maximum atomic E-state index is 10.4. The lowest BCUT2D eigenvalue weighted by Crippen LogP contribution is -1.93. The molecule has 0 aliphatic rings. The molecule has 0 fully saturated rings. The molecule has 4 heteroatoms. The molecule has 0 atom stereocenters. The van der Waals surface area contributed by atoms with E-state index in [2.05, 4.69) is 61.2 Å². The van der Waals surface area contributed by atoms with Gasteiger partial charge in [-0.15, -0.1) is 0 Å². The predicted molar refractivity (Wildman–Crippen MR) is 233 cm³/mol. The molecule has 0 saturated heterocycles. The summed E-state index contributed by atoms with van der Waals surface area (Å²) in [5.41, 5.74) is 0. The van der Waals surface area contributed by atoms with Gasteiger partial charge < -0.3 is 10.2 Å². The number of rotatable bonds is 36. The van der Waals surface area contributed by atoms with Crippen LogP contribution in [-0.4, -0.2) is 22.2 Å². The summed E-state index contributed by atoms with van der Waals surface area (Å²) in [7, 11) is 0. The van der Waals surface area contributed by atoms with Gasteiger partial charge in [-0.25, -0.2) is 0 Å². The van der Waals surface area contributed by atoms with Gasteiger partial charge in [0.25, 0.3) is 0 Å². The molecule has 0 rings (SSSR count). The molecular weight excluding hydrogens is 665 g/mol. The van der Waals surface area contributed by atoms with Crippen molar-refractivity contribution < 1.29 is 19.8 Å². The summed E-state index contributed by atoms with van der Waals surface area (Å²) in [6.45, 7) is 4.54. The lowest BCUT2D eigenvalue weighted by molar-refractivity contribution is -0.138. The molecule has 0 aliphatic heterocycles. The van der Waals surface area contributed by atoms with Crippen molar-refractivity contribution in [2.45, 2.75) is 258 Å². The molecule has 4 nitrogen and oxygen atoms in total. The van der Waals surface area contributed by atoms with E-state index in [1.54, 1.807) is 0 Å². The molecule has 54 heavy (non-hydrogen) atoms. The van der Waals surface area contributed by atoms with E-state index in [4.69, 9.17) is 10.2 Å². The second kappa shape index (κ2) is 50.2. The molecule has 0 aromatic heterocycles. The van der Waals surface area contributed by atoms with Crippen molar-refractivity contribution >= 4 is 11.9 Å². The zero-order valence-corrected chi connectivity index (χ0v) is 35.6. The Morgan fingerprint density at radius 2 is 0.481 bits per heavy atom. The van der Waals surface area contributed by atoms with Crippen LogP contribution in [0.3, 0.4) is 0 Å². The molecule has 308 valence electrons. The summed E-state index contributed by atoms with van der Waals surface area (Å²) in [6.07, 6.45) is 44.8. The van der Waals surface area contributed by atoms with Crippen molar-refractivity contribution in [2.75, 3.05) is 0 Å². The minimum Gasteiger partial charge on any atom is -0.481 e. The summed E-state index contributed by atoms with van der Waals surface area (Å²) in [5, 5.41) is 17.1. The Hall–Kier alpha value is -2.82. The Labute approximate surface area is 336 Å². The van der Waals surface area contributed by atoms with Gasteiger partial charge in [0.05, 0.1) is 0 Å². The quantitative estimate of drug-likeness (QED) is 0.0494. The fraction of sp³-hybridized carbons (Fsp3) is 0.800. The standard InChI is InChI=1S/2C25H42O2/c2*1-2-3-4-5-6-7-8-9-10-11-12-13-14-15-16-17-18-19-20-21-22-23-24-25(26)27/h2*2-12,17-24H2,1H3,(H,26,27). The van der Waals surface area contributed by atoms with Gasteiger partial charge >= 0.3 is 11.9 Å². The second-order valence-corrected chi connectivity index (χ2v) is 15.1. The molecule has 0 aromatic carbocycles. The van der Waals surface area contributed by atoms with Crippen molar-refractivity contribution in [3.63, 3.8) is 0 Å². The second-order valence-electron chi connectivity index (χ2n) is 15.1. The van der Waals surface area contributed by atoms with Gasteiger partial charge in [-0.3, -0.25) is 9.59 Å². The third-order valence-corrected chi connectivity index (χ3v) is 9.67. The Morgan fingerprint density at radius 1 is 0.296 bits per heavy atom. The van der Waals surface area contributed by atoms with E-state index < -0.39 is 11.9 Å². The molecule has 0 aromatic rings. The highest BCUT2D eigenvalue weighted by atomic mass is 16.4. The number of carboxylic acid groups (broad SMARTS) is 2. The maximum absolute atomic E-state index is 10.4. The highest BCUT2D eigenvalue weighted by molar-refractivity contribution is 5.66. The highest BCUT2D eigenvalue weighted by Gasteiger charge is 1.98. The van der Waals surface area contributed by atoms with Crippen molar-refractivity contribution in [3.05, 3.63) is 0 Å². The molecule has 0 bridgehead atoms. The SMILES string of the molecule is CCCCCCCCCCCCC#CC#CCCCCCCCCC(=O)O.CCCCCCCCCCCCC#CC#CCCCCCCCCC(=O)O. The molecule has 0 heterocycles. The van der Waals surface area contributed by atoms with E-state index in [0.717, 1.165) is 77.0 Å². The monoisotopic (exact) mass is 749 g/mol. The molecule has 0 radical (unpaired) electrons. The highest BCUT2D eigenvalue weighted by Crippen LogP contribution is 2.13. The van der Waals surface area contributed by atoms with Gasteiger partial charge in [-0.1, -0.05) is 204 Å². The number of unbranched alkanes of at least 4 members (excludes halogenated alkanes) is 32. The predicted octanol–water partition coefficient (Wildman–Crippen LogP) is 15.0. The largest absolute Gasteiger partial charge is 0.481 e. The molecule has 0 saturated carbocycles. The zero-order chi connectivity index (χ0) is 39.7. The Kier molecular flexibility index (Phi) is 49.5. The van der Waals surface area contributed by atoms with Crippen LogP contribution in [0.15, 0.2) is 0 Å². The van der Waals surface area contributed by atoms with Gasteiger partial charge in [0.1, 0.15) is 0 Å². The van der Waals surface area contributed by atoms with Crippen LogP contribution >= 0.6 is 0 Å². The first-order valence-electron chi connectivity index (χ1n) is 22.9. The average molecular weight is 749 g/mol. The first kappa shape index (κ1) is 53.3. The normalized spacial score (nSPS) is 9.96. The van der Waals surface area contributed by atoms with Crippen LogP contribution in [0.1, 0.15) is 258 Å². The first-order chi connectivity index (χ1) is 26.5. The summed E-state index contributed by atoms with van der Waals surface area (Å²) in [5.74, 6) is 23.2. The first-order valence-corrected chi connectivity index (χ1v) is 22.9. The molecule has 0 spiro atoms. The molecule has 0 amide bonds. The van der Waals surface area contributed by atoms with E-state index in [-0.39, 0.29) is 0 Å². The van der Waals surface area contributed by atoms with Crippen LogP contribution in [0.5, 0.6) is 0 Å². The van der Waals surface area contributed by atoms with Crippen molar-refractivity contribution in [1.29, 1.82) is 0 Å². The number of hydrogen-bond acceptors (Lipinski definition) is 2. The van der Waals surface area contributed by atoms with Crippen LogP contribution in [0.25, 0.3) is 0 Å². The van der Waals surface area contributed by atoms with Crippen molar-refractivity contribution in [1.82, 2.24) is 0 Å². The number of aliphatic carboxylic acids is 2. The topological polar surface area (TPSA) is 74.6 Å². The summed E-state index contributed by atoms with van der Waals surface area (Å²) >= 11 is 0. The fourth-order valence-electron chi connectivity index (χ4n) is 6.22. The van der Waals surface area contributed by atoms with Crippen LogP contribution in [0.2, 0.25) is 0 Å². The fourth-order valence-corrected chi connectivity index (χ4v) is 6.22. The Bertz CT molecular complexity index is 975.